The van der Waals surface area contributed by atoms with Crippen LogP contribution < -0.4 is 10.6 Å². The average molecular weight is 370 g/mol. The lowest BCUT2D eigenvalue weighted by Crippen LogP contribution is -2.47. The molecular formula is C17H18N6O4. The van der Waals surface area contributed by atoms with Gasteiger partial charge in [-0.05, 0) is 26.0 Å². The molecule has 140 valence electrons. The van der Waals surface area contributed by atoms with Crippen LogP contribution in [0, 0.1) is 0 Å². The summed E-state index contributed by atoms with van der Waals surface area (Å²) >= 11 is 0. The molecule has 0 aromatic carbocycles. The lowest BCUT2D eigenvalue weighted by molar-refractivity contribution is -0.142. The Kier molecular flexibility index (Phi) is 4.97. The number of nitrogens with one attached hydrogen (secondary N) is 2. The summed E-state index contributed by atoms with van der Waals surface area (Å²) in [7, 11) is 0. The number of aromatic nitrogens is 3. The van der Waals surface area contributed by atoms with E-state index in [-0.39, 0.29) is 24.2 Å². The molecule has 0 spiro atoms. The van der Waals surface area contributed by atoms with Crippen molar-refractivity contribution >= 4 is 29.4 Å². The van der Waals surface area contributed by atoms with Gasteiger partial charge in [0.05, 0.1) is 18.3 Å². The number of hydrogen-bond acceptors (Lipinski definition) is 6. The van der Waals surface area contributed by atoms with Gasteiger partial charge in [0.25, 0.3) is 5.91 Å². The molecule has 10 heteroatoms. The van der Waals surface area contributed by atoms with Gasteiger partial charge in [-0.3, -0.25) is 29.1 Å². The Labute approximate surface area is 154 Å². The van der Waals surface area contributed by atoms with Crippen LogP contribution in [0.2, 0.25) is 0 Å². The first kappa shape index (κ1) is 18.2. The fraction of sp³-hybridized carbons (Fsp3) is 0.294. The third-order valence-electron chi connectivity index (χ3n) is 4.00. The Morgan fingerprint density at radius 2 is 1.81 bits per heavy atom. The minimum atomic E-state index is -1.04. The van der Waals surface area contributed by atoms with Crippen LogP contribution in [0.15, 0.2) is 36.8 Å². The number of hydrogen-bond donors (Lipinski definition) is 2. The number of rotatable bonds is 4. The average Bonchev–Trinajstić information content (AvgIpc) is 3.20. The molecule has 10 nitrogen and oxygen atoms in total. The highest BCUT2D eigenvalue weighted by molar-refractivity contribution is 6.40. The monoisotopic (exact) mass is 370 g/mol. The maximum Gasteiger partial charge on any atom is 0.314 e. The van der Waals surface area contributed by atoms with Gasteiger partial charge < -0.3 is 10.6 Å². The van der Waals surface area contributed by atoms with Crippen molar-refractivity contribution in [3.8, 4) is 5.69 Å². The second kappa shape index (κ2) is 7.36. The fourth-order valence-corrected chi connectivity index (χ4v) is 2.79. The fourth-order valence-electron chi connectivity index (χ4n) is 2.79. The van der Waals surface area contributed by atoms with Crippen LogP contribution in [0.25, 0.3) is 5.69 Å². The molecule has 0 bridgehead atoms. The molecule has 0 radical (unpaired) electrons. The van der Waals surface area contributed by atoms with E-state index in [0.29, 0.717) is 5.69 Å². The number of anilines is 1. The number of amides is 4. The molecule has 2 aromatic heterocycles. The first-order valence-corrected chi connectivity index (χ1v) is 8.30. The Morgan fingerprint density at radius 3 is 2.44 bits per heavy atom. The van der Waals surface area contributed by atoms with Crippen LogP contribution in [0.4, 0.5) is 5.82 Å². The van der Waals surface area contributed by atoms with Crippen LogP contribution in [0.3, 0.4) is 0 Å². The van der Waals surface area contributed by atoms with Crippen molar-refractivity contribution in [2.45, 2.75) is 32.4 Å². The number of carbonyl (C=O) groups excluding carboxylic acids is 4. The summed E-state index contributed by atoms with van der Waals surface area (Å²) in [5.74, 6) is -2.59. The largest absolute Gasteiger partial charge is 0.335 e. The minimum absolute atomic E-state index is 0.162. The summed E-state index contributed by atoms with van der Waals surface area (Å²) in [5, 5.41) is 8.85. The van der Waals surface area contributed by atoms with Gasteiger partial charge >= 0.3 is 11.8 Å². The lowest BCUT2D eigenvalue weighted by Gasteiger charge is -2.19. The van der Waals surface area contributed by atoms with E-state index >= 15 is 0 Å². The van der Waals surface area contributed by atoms with Crippen LogP contribution in [0.5, 0.6) is 0 Å². The first-order valence-electron chi connectivity index (χ1n) is 8.30. The van der Waals surface area contributed by atoms with E-state index in [9.17, 15) is 19.2 Å². The standard InChI is InChI=1S/C17H18N6O4/c1-10(2)22-14(24)9-12(17(22)27)20-15(25)16(26)21-13-5-8-19-23(13)11-3-6-18-7-4-11/h3-8,10,12H,9H2,1-2H3,(H,20,25)(H,21,26). The molecular weight excluding hydrogens is 352 g/mol. The van der Waals surface area contributed by atoms with Crippen LogP contribution in [-0.2, 0) is 19.2 Å². The molecule has 1 saturated heterocycles. The SMILES string of the molecule is CC(C)N1C(=O)CC(NC(=O)C(=O)Nc2ccnn2-c2ccncc2)C1=O. The highest BCUT2D eigenvalue weighted by Gasteiger charge is 2.41. The summed E-state index contributed by atoms with van der Waals surface area (Å²) in [4.78, 5) is 53.4. The third kappa shape index (κ3) is 3.68. The lowest BCUT2D eigenvalue weighted by atomic mass is 10.2. The van der Waals surface area contributed by atoms with E-state index in [1.165, 1.54) is 16.9 Å². The van der Waals surface area contributed by atoms with Crippen LogP contribution in [0.1, 0.15) is 20.3 Å². The van der Waals surface area contributed by atoms with Crippen molar-refractivity contribution in [1.29, 1.82) is 0 Å². The maximum atomic E-state index is 12.2. The zero-order valence-electron chi connectivity index (χ0n) is 14.7. The van der Waals surface area contributed by atoms with Crippen LogP contribution in [-0.4, -0.2) is 55.4 Å². The van der Waals surface area contributed by atoms with Crippen molar-refractivity contribution in [2.75, 3.05) is 5.32 Å². The molecule has 4 amide bonds. The number of carbonyl (C=O) groups is 4. The van der Waals surface area contributed by atoms with Gasteiger partial charge in [-0.2, -0.15) is 5.10 Å². The molecule has 0 saturated carbocycles. The molecule has 2 aromatic rings. The molecule has 27 heavy (non-hydrogen) atoms. The highest BCUT2D eigenvalue weighted by Crippen LogP contribution is 2.17. The molecule has 1 unspecified atom stereocenters. The Morgan fingerprint density at radius 1 is 1.11 bits per heavy atom. The molecule has 1 atom stereocenters. The molecule has 2 N–H and O–H groups in total. The predicted octanol–water partition coefficient (Wildman–Crippen LogP) is -0.142. The van der Waals surface area contributed by atoms with Gasteiger partial charge in [0, 0.05) is 24.5 Å². The number of nitrogens with zero attached hydrogens (tertiary/aromatic N) is 4. The van der Waals surface area contributed by atoms with E-state index in [2.05, 4.69) is 20.7 Å². The van der Waals surface area contributed by atoms with E-state index in [4.69, 9.17) is 0 Å². The summed E-state index contributed by atoms with van der Waals surface area (Å²) in [5.41, 5.74) is 0.648. The van der Waals surface area contributed by atoms with Gasteiger partial charge in [-0.1, -0.05) is 0 Å². The first-order chi connectivity index (χ1) is 12.9. The van der Waals surface area contributed by atoms with Gasteiger partial charge in [0.1, 0.15) is 11.9 Å². The van der Waals surface area contributed by atoms with Crippen molar-refractivity contribution in [3.05, 3.63) is 36.8 Å². The zero-order chi connectivity index (χ0) is 19.6. The molecule has 1 aliphatic heterocycles. The van der Waals surface area contributed by atoms with E-state index in [1.807, 2.05) is 0 Å². The smallest absolute Gasteiger partial charge is 0.314 e. The van der Waals surface area contributed by atoms with Crippen LogP contribution >= 0.6 is 0 Å². The Hall–Kier alpha value is -3.56. The quantitative estimate of drug-likeness (QED) is 0.570. The second-order valence-corrected chi connectivity index (χ2v) is 6.21. The Balaban J connectivity index is 1.66. The zero-order valence-corrected chi connectivity index (χ0v) is 14.7. The van der Waals surface area contributed by atoms with Gasteiger partial charge in [0.2, 0.25) is 5.91 Å². The second-order valence-electron chi connectivity index (χ2n) is 6.21. The van der Waals surface area contributed by atoms with E-state index in [1.54, 1.807) is 38.4 Å². The van der Waals surface area contributed by atoms with Crippen molar-refractivity contribution in [2.24, 2.45) is 0 Å². The summed E-state index contributed by atoms with van der Waals surface area (Å²) in [6.07, 6.45) is 4.44. The molecule has 1 aliphatic rings. The normalized spacial score (nSPS) is 16.7. The van der Waals surface area contributed by atoms with Crippen molar-refractivity contribution in [1.82, 2.24) is 25.0 Å². The molecule has 0 aliphatic carbocycles. The molecule has 3 heterocycles. The highest BCUT2D eigenvalue weighted by atomic mass is 16.2. The van der Waals surface area contributed by atoms with Gasteiger partial charge in [-0.25, -0.2) is 4.68 Å². The van der Waals surface area contributed by atoms with E-state index in [0.717, 1.165) is 4.90 Å². The summed E-state index contributed by atoms with van der Waals surface area (Å²) in [6, 6.07) is 3.55. The third-order valence-corrected chi connectivity index (χ3v) is 4.00. The molecule has 1 fully saturated rings. The van der Waals surface area contributed by atoms with Gasteiger partial charge in [0.15, 0.2) is 0 Å². The topological polar surface area (TPSA) is 126 Å². The number of likely N-dealkylation sites (tertiary alicyclic amines) is 1. The predicted molar refractivity (Wildman–Crippen MR) is 93.5 cm³/mol. The minimum Gasteiger partial charge on any atom is -0.335 e. The van der Waals surface area contributed by atoms with Gasteiger partial charge in [-0.15, -0.1) is 0 Å². The Bertz CT molecular complexity index is 892. The number of imide groups is 1. The number of pyridine rings is 1. The maximum absolute atomic E-state index is 12.2. The van der Waals surface area contributed by atoms with Crippen molar-refractivity contribution in [3.63, 3.8) is 0 Å². The van der Waals surface area contributed by atoms with E-state index < -0.39 is 23.8 Å². The summed E-state index contributed by atoms with van der Waals surface area (Å²) in [6.45, 7) is 3.40. The summed E-state index contributed by atoms with van der Waals surface area (Å²) < 4.78 is 1.43. The van der Waals surface area contributed by atoms with Crippen molar-refractivity contribution < 1.29 is 19.2 Å². The molecule has 3 rings (SSSR count).